The first-order valence-corrected chi connectivity index (χ1v) is 6.08. The Kier molecular flexibility index (Phi) is 4.15. The molecule has 0 saturated carbocycles. The van der Waals surface area contributed by atoms with Crippen molar-refractivity contribution in [1.29, 1.82) is 0 Å². The molecule has 1 aromatic carbocycles. The molecule has 1 heterocycles. The van der Waals surface area contributed by atoms with Crippen molar-refractivity contribution in [1.82, 2.24) is 0 Å². The molecule has 0 aliphatic carbocycles. The molecule has 0 N–H and O–H groups in total. The minimum Gasteiger partial charge on any atom is -0.459 e. The predicted molar refractivity (Wildman–Crippen MR) is 64.4 cm³/mol. The summed E-state index contributed by atoms with van der Waals surface area (Å²) in [6, 6.07) is 9.69. The van der Waals surface area contributed by atoms with Gasteiger partial charge in [-0.05, 0) is 24.3 Å². The summed E-state index contributed by atoms with van der Waals surface area (Å²) in [6.07, 6.45) is 1.43. The van der Waals surface area contributed by atoms with Gasteiger partial charge in [-0.3, -0.25) is 0 Å². The van der Waals surface area contributed by atoms with Crippen molar-refractivity contribution in [2.45, 2.75) is 32.5 Å². The number of rotatable bonds is 3. The lowest BCUT2D eigenvalue weighted by Gasteiger charge is -2.25. The van der Waals surface area contributed by atoms with Crippen molar-refractivity contribution in [3.05, 3.63) is 35.9 Å². The van der Waals surface area contributed by atoms with Crippen LogP contribution < -0.4 is 0 Å². The molecule has 1 aliphatic rings. The van der Waals surface area contributed by atoms with E-state index in [4.69, 9.17) is 9.47 Å². The van der Waals surface area contributed by atoms with Crippen LogP contribution >= 0.6 is 0 Å². The Hall–Kier alpha value is -1.35. The SMILES string of the molecule is C[C@@H]1CCOC(C(=O)OCc2ccccc2)C1. The van der Waals surface area contributed by atoms with E-state index in [-0.39, 0.29) is 12.1 Å². The van der Waals surface area contributed by atoms with Gasteiger partial charge in [-0.25, -0.2) is 4.79 Å². The summed E-state index contributed by atoms with van der Waals surface area (Å²) < 4.78 is 10.7. The molecular weight excluding hydrogens is 216 g/mol. The highest BCUT2D eigenvalue weighted by molar-refractivity contribution is 5.74. The molecule has 1 unspecified atom stereocenters. The van der Waals surface area contributed by atoms with E-state index in [2.05, 4.69) is 6.92 Å². The zero-order valence-corrected chi connectivity index (χ0v) is 10.1. The van der Waals surface area contributed by atoms with E-state index >= 15 is 0 Å². The van der Waals surface area contributed by atoms with Gasteiger partial charge in [-0.2, -0.15) is 0 Å². The summed E-state index contributed by atoms with van der Waals surface area (Å²) in [5.41, 5.74) is 1.00. The maximum atomic E-state index is 11.8. The molecule has 2 rings (SSSR count). The van der Waals surface area contributed by atoms with Gasteiger partial charge in [0.05, 0.1) is 0 Å². The van der Waals surface area contributed by atoms with Crippen LogP contribution in [-0.2, 0) is 20.9 Å². The molecule has 0 spiro atoms. The van der Waals surface area contributed by atoms with E-state index in [9.17, 15) is 4.79 Å². The van der Waals surface area contributed by atoms with E-state index in [1.165, 1.54) is 0 Å². The normalized spacial score (nSPS) is 24.3. The molecule has 0 amide bonds. The lowest BCUT2D eigenvalue weighted by Crippen LogP contribution is -2.33. The minimum absolute atomic E-state index is 0.236. The highest BCUT2D eigenvalue weighted by atomic mass is 16.6. The van der Waals surface area contributed by atoms with E-state index in [0.717, 1.165) is 18.4 Å². The molecule has 0 aromatic heterocycles. The fourth-order valence-electron chi connectivity index (χ4n) is 1.95. The van der Waals surface area contributed by atoms with Crippen LogP contribution in [0.3, 0.4) is 0 Å². The summed E-state index contributed by atoms with van der Waals surface area (Å²) in [6.45, 7) is 3.13. The van der Waals surface area contributed by atoms with Crippen LogP contribution in [0.25, 0.3) is 0 Å². The second kappa shape index (κ2) is 5.82. The van der Waals surface area contributed by atoms with Crippen LogP contribution in [0.2, 0.25) is 0 Å². The van der Waals surface area contributed by atoms with Crippen molar-refractivity contribution in [3.8, 4) is 0 Å². The zero-order chi connectivity index (χ0) is 12.1. The first-order valence-electron chi connectivity index (χ1n) is 6.08. The monoisotopic (exact) mass is 234 g/mol. The summed E-state index contributed by atoms with van der Waals surface area (Å²) in [5.74, 6) is 0.304. The van der Waals surface area contributed by atoms with Gasteiger partial charge in [0.2, 0.25) is 0 Å². The maximum absolute atomic E-state index is 11.8. The molecule has 3 nitrogen and oxygen atoms in total. The van der Waals surface area contributed by atoms with Crippen LogP contribution in [0.4, 0.5) is 0 Å². The maximum Gasteiger partial charge on any atom is 0.335 e. The van der Waals surface area contributed by atoms with Crippen molar-refractivity contribution >= 4 is 5.97 Å². The number of ether oxygens (including phenoxy) is 2. The standard InChI is InChI=1S/C14H18O3/c1-11-7-8-16-13(9-11)14(15)17-10-12-5-3-2-4-6-12/h2-6,11,13H,7-10H2,1H3/t11-,13?/m1/s1. The summed E-state index contributed by atoms with van der Waals surface area (Å²) in [7, 11) is 0. The Labute approximate surface area is 102 Å². The van der Waals surface area contributed by atoms with Crippen LogP contribution in [0.5, 0.6) is 0 Å². The van der Waals surface area contributed by atoms with Crippen LogP contribution in [0, 0.1) is 5.92 Å². The number of carbonyl (C=O) groups excluding carboxylic acids is 1. The van der Waals surface area contributed by atoms with Crippen LogP contribution in [0.15, 0.2) is 30.3 Å². The van der Waals surface area contributed by atoms with Crippen molar-refractivity contribution in [2.75, 3.05) is 6.61 Å². The quantitative estimate of drug-likeness (QED) is 0.754. The Balaban J connectivity index is 1.81. The lowest BCUT2D eigenvalue weighted by atomic mass is 9.98. The van der Waals surface area contributed by atoms with E-state index < -0.39 is 0 Å². The largest absolute Gasteiger partial charge is 0.459 e. The summed E-state index contributed by atoms with van der Waals surface area (Å²) in [5, 5.41) is 0. The van der Waals surface area contributed by atoms with E-state index in [1.807, 2.05) is 30.3 Å². The fraction of sp³-hybridized carbons (Fsp3) is 0.500. The van der Waals surface area contributed by atoms with Crippen molar-refractivity contribution < 1.29 is 14.3 Å². The third-order valence-electron chi connectivity index (χ3n) is 3.03. The van der Waals surface area contributed by atoms with Crippen LogP contribution in [0.1, 0.15) is 25.3 Å². The number of hydrogen-bond acceptors (Lipinski definition) is 3. The van der Waals surface area contributed by atoms with Gasteiger partial charge in [-0.1, -0.05) is 37.3 Å². The van der Waals surface area contributed by atoms with Gasteiger partial charge in [0.1, 0.15) is 6.61 Å². The zero-order valence-electron chi connectivity index (χ0n) is 10.1. The van der Waals surface area contributed by atoms with Gasteiger partial charge in [0.15, 0.2) is 6.10 Å². The molecule has 3 heteroatoms. The topological polar surface area (TPSA) is 35.5 Å². The molecule has 2 atom stereocenters. The smallest absolute Gasteiger partial charge is 0.335 e. The first kappa shape index (κ1) is 12.1. The number of carbonyl (C=O) groups is 1. The molecular formula is C14H18O3. The molecule has 92 valence electrons. The molecule has 17 heavy (non-hydrogen) atoms. The van der Waals surface area contributed by atoms with Gasteiger partial charge in [-0.15, -0.1) is 0 Å². The first-order chi connectivity index (χ1) is 8.25. The molecule has 1 aromatic rings. The van der Waals surface area contributed by atoms with Gasteiger partial charge in [0, 0.05) is 6.61 Å². The van der Waals surface area contributed by atoms with Gasteiger partial charge in [0.25, 0.3) is 0 Å². The Morgan fingerprint density at radius 1 is 1.41 bits per heavy atom. The molecule has 0 bridgehead atoms. The van der Waals surface area contributed by atoms with Crippen LogP contribution in [-0.4, -0.2) is 18.7 Å². The Bertz CT molecular complexity index is 361. The second-order valence-corrected chi connectivity index (χ2v) is 4.58. The van der Waals surface area contributed by atoms with Crippen molar-refractivity contribution in [2.24, 2.45) is 5.92 Å². The van der Waals surface area contributed by atoms with Crippen molar-refractivity contribution in [3.63, 3.8) is 0 Å². The second-order valence-electron chi connectivity index (χ2n) is 4.58. The number of esters is 1. The highest BCUT2D eigenvalue weighted by Crippen LogP contribution is 2.20. The lowest BCUT2D eigenvalue weighted by molar-refractivity contribution is -0.163. The van der Waals surface area contributed by atoms with E-state index in [1.54, 1.807) is 0 Å². The molecule has 1 aliphatic heterocycles. The number of hydrogen-bond donors (Lipinski definition) is 0. The summed E-state index contributed by atoms with van der Waals surface area (Å²) >= 11 is 0. The Morgan fingerprint density at radius 2 is 2.18 bits per heavy atom. The molecule has 0 radical (unpaired) electrons. The average molecular weight is 234 g/mol. The summed E-state index contributed by atoms with van der Waals surface area (Å²) in [4.78, 5) is 11.8. The van der Waals surface area contributed by atoms with Gasteiger partial charge >= 0.3 is 5.97 Å². The van der Waals surface area contributed by atoms with E-state index in [0.29, 0.717) is 19.1 Å². The third-order valence-corrected chi connectivity index (χ3v) is 3.03. The Morgan fingerprint density at radius 3 is 2.88 bits per heavy atom. The van der Waals surface area contributed by atoms with Gasteiger partial charge < -0.3 is 9.47 Å². The molecule has 1 fully saturated rings. The average Bonchev–Trinajstić information content (AvgIpc) is 2.37. The highest BCUT2D eigenvalue weighted by Gasteiger charge is 2.27. The predicted octanol–water partition coefficient (Wildman–Crippen LogP) is 2.54. The number of benzene rings is 1. The molecule has 1 saturated heterocycles. The fourth-order valence-corrected chi connectivity index (χ4v) is 1.95. The minimum atomic E-state index is -0.373. The third kappa shape index (κ3) is 3.56.